The topological polar surface area (TPSA) is 107 Å². The van der Waals surface area contributed by atoms with E-state index in [2.05, 4.69) is 27.1 Å². The van der Waals surface area contributed by atoms with Gasteiger partial charge in [0.2, 0.25) is 0 Å². The Labute approximate surface area is 162 Å². The van der Waals surface area contributed by atoms with E-state index in [0.717, 1.165) is 35.2 Å². The number of rotatable bonds is 4. The first-order chi connectivity index (χ1) is 13.4. The normalized spacial score (nSPS) is 26.0. The first-order valence-corrected chi connectivity index (χ1v) is 9.56. The molecule has 8 nitrogen and oxygen atoms in total. The SMILES string of the molecule is CC1C(O)C(O)CN1c1cc(-c2n[nH]c3ccc(OC4(C)CC4)cc23)ncn1. The molecule has 3 heterocycles. The van der Waals surface area contributed by atoms with Crippen molar-refractivity contribution >= 4 is 16.7 Å². The Balaban J connectivity index is 1.51. The maximum atomic E-state index is 10.1. The van der Waals surface area contributed by atoms with Crippen LogP contribution in [0.4, 0.5) is 5.82 Å². The number of β-amino-alcohol motifs (C(OH)–C–C–N with tert-alkyl or cyclic N) is 1. The van der Waals surface area contributed by atoms with E-state index in [9.17, 15) is 10.2 Å². The number of nitrogens with one attached hydrogen (secondary N) is 1. The largest absolute Gasteiger partial charge is 0.488 e. The number of aromatic amines is 1. The molecule has 2 fully saturated rings. The highest BCUT2D eigenvalue weighted by Crippen LogP contribution is 2.40. The quantitative estimate of drug-likeness (QED) is 0.633. The molecule has 3 aromatic rings. The van der Waals surface area contributed by atoms with Gasteiger partial charge in [-0.05, 0) is 44.9 Å². The van der Waals surface area contributed by atoms with Crippen LogP contribution < -0.4 is 9.64 Å². The van der Waals surface area contributed by atoms with E-state index in [1.54, 1.807) is 0 Å². The molecule has 5 rings (SSSR count). The zero-order valence-electron chi connectivity index (χ0n) is 15.8. The zero-order valence-corrected chi connectivity index (χ0v) is 15.8. The molecule has 1 saturated carbocycles. The molecule has 8 heteroatoms. The van der Waals surface area contributed by atoms with Gasteiger partial charge in [0.1, 0.15) is 35.3 Å². The summed E-state index contributed by atoms with van der Waals surface area (Å²) < 4.78 is 6.09. The summed E-state index contributed by atoms with van der Waals surface area (Å²) in [5.74, 6) is 1.48. The van der Waals surface area contributed by atoms with Gasteiger partial charge >= 0.3 is 0 Å². The number of aliphatic hydroxyl groups is 2. The third-order valence-electron chi connectivity index (χ3n) is 5.81. The van der Waals surface area contributed by atoms with Crippen LogP contribution in [0.3, 0.4) is 0 Å². The first kappa shape index (κ1) is 17.4. The molecule has 3 unspecified atom stereocenters. The Morgan fingerprint density at radius 1 is 1.21 bits per heavy atom. The molecule has 0 radical (unpaired) electrons. The van der Waals surface area contributed by atoms with E-state index in [0.29, 0.717) is 18.1 Å². The van der Waals surface area contributed by atoms with Crippen molar-refractivity contribution in [1.82, 2.24) is 20.2 Å². The van der Waals surface area contributed by atoms with Crippen LogP contribution >= 0.6 is 0 Å². The van der Waals surface area contributed by atoms with Crippen molar-refractivity contribution in [3.05, 3.63) is 30.6 Å². The Hall–Kier alpha value is -2.71. The predicted octanol–water partition coefficient (Wildman–Crippen LogP) is 1.88. The molecule has 1 saturated heterocycles. The number of aromatic nitrogens is 4. The first-order valence-electron chi connectivity index (χ1n) is 9.56. The molecule has 3 atom stereocenters. The second kappa shape index (κ2) is 6.15. The predicted molar refractivity (Wildman–Crippen MR) is 104 cm³/mol. The molecular formula is C20H23N5O3. The number of fused-ring (bicyclic) bond motifs is 1. The van der Waals surface area contributed by atoms with E-state index in [1.165, 1.54) is 6.33 Å². The van der Waals surface area contributed by atoms with Gasteiger partial charge in [0.15, 0.2) is 0 Å². The fourth-order valence-corrected chi connectivity index (χ4v) is 3.73. The van der Waals surface area contributed by atoms with Gasteiger partial charge in [-0.1, -0.05) is 0 Å². The molecule has 2 aliphatic rings. The molecule has 0 amide bonds. The molecule has 0 spiro atoms. The lowest BCUT2D eigenvalue weighted by Gasteiger charge is -2.23. The van der Waals surface area contributed by atoms with Crippen LogP contribution in [0.5, 0.6) is 5.75 Å². The lowest BCUT2D eigenvalue weighted by atomic mass is 10.1. The summed E-state index contributed by atoms with van der Waals surface area (Å²) in [4.78, 5) is 10.6. The van der Waals surface area contributed by atoms with E-state index in [1.807, 2.05) is 36.1 Å². The zero-order chi connectivity index (χ0) is 19.5. The minimum atomic E-state index is -0.798. The van der Waals surface area contributed by atoms with Crippen LogP contribution in [0, 0.1) is 0 Å². The minimum Gasteiger partial charge on any atom is -0.488 e. The molecule has 1 aromatic carbocycles. The summed E-state index contributed by atoms with van der Waals surface area (Å²) in [6.45, 7) is 4.32. The molecule has 1 aliphatic carbocycles. The third-order valence-corrected chi connectivity index (χ3v) is 5.81. The van der Waals surface area contributed by atoms with Crippen LogP contribution in [-0.2, 0) is 0 Å². The summed E-state index contributed by atoms with van der Waals surface area (Å²) in [5, 5.41) is 28.4. The Kier molecular flexibility index (Phi) is 3.82. The van der Waals surface area contributed by atoms with Gasteiger partial charge in [0.25, 0.3) is 0 Å². The van der Waals surface area contributed by atoms with E-state index in [-0.39, 0.29) is 11.6 Å². The van der Waals surface area contributed by atoms with Crippen LogP contribution in [0.2, 0.25) is 0 Å². The maximum absolute atomic E-state index is 10.1. The second-order valence-corrected chi connectivity index (χ2v) is 8.04. The van der Waals surface area contributed by atoms with E-state index in [4.69, 9.17) is 4.74 Å². The summed E-state index contributed by atoms with van der Waals surface area (Å²) in [6, 6.07) is 7.52. The summed E-state index contributed by atoms with van der Waals surface area (Å²) in [5.41, 5.74) is 2.25. The lowest BCUT2D eigenvalue weighted by molar-refractivity contribution is 0.0438. The summed E-state index contributed by atoms with van der Waals surface area (Å²) in [7, 11) is 0. The Bertz CT molecular complexity index is 1030. The molecule has 1 aliphatic heterocycles. The molecule has 146 valence electrons. The number of H-pyrrole nitrogens is 1. The fraction of sp³-hybridized carbons (Fsp3) is 0.450. The number of hydrogen-bond donors (Lipinski definition) is 3. The summed E-state index contributed by atoms with van der Waals surface area (Å²) >= 11 is 0. The molecule has 3 N–H and O–H groups in total. The van der Waals surface area contributed by atoms with E-state index < -0.39 is 12.2 Å². The molecular weight excluding hydrogens is 358 g/mol. The van der Waals surface area contributed by atoms with Gasteiger partial charge in [-0.3, -0.25) is 5.10 Å². The lowest BCUT2D eigenvalue weighted by Crippen LogP contribution is -2.33. The van der Waals surface area contributed by atoms with Crippen LogP contribution in [0.15, 0.2) is 30.6 Å². The van der Waals surface area contributed by atoms with Crippen LogP contribution in [-0.4, -0.2) is 60.8 Å². The molecule has 28 heavy (non-hydrogen) atoms. The molecule has 0 bridgehead atoms. The highest BCUT2D eigenvalue weighted by Gasteiger charge is 2.40. The van der Waals surface area contributed by atoms with Crippen molar-refractivity contribution in [2.75, 3.05) is 11.4 Å². The van der Waals surface area contributed by atoms with Crippen molar-refractivity contribution in [3.8, 4) is 17.1 Å². The van der Waals surface area contributed by atoms with Crippen molar-refractivity contribution in [2.24, 2.45) is 0 Å². The van der Waals surface area contributed by atoms with E-state index >= 15 is 0 Å². The Morgan fingerprint density at radius 3 is 2.75 bits per heavy atom. The average Bonchev–Trinajstić information content (AvgIpc) is 3.17. The van der Waals surface area contributed by atoms with Crippen LogP contribution in [0.1, 0.15) is 26.7 Å². The van der Waals surface area contributed by atoms with Gasteiger partial charge in [-0.15, -0.1) is 0 Å². The minimum absolute atomic E-state index is 0.0484. The highest BCUT2D eigenvalue weighted by atomic mass is 16.5. The maximum Gasteiger partial charge on any atom is 0.133 e. The van der Waals surface area contributed by atoms with Crippen LogP contribution in [0.25, 0.3) is 22.3 Å². The van der Waals surface area contributed by atoms with Gasteiger partial charge in [-0.2, -0.15) is 5.10 Å². The average molecular weight is 381 g/mol. The standard InChI is InChI=1S/C20H23N5O3/c1-11-19(27)16(26)9-25(11)17-8-15(21-10-22-17)18-13-7-12(28-20(2)5-6-20)3-4-14(13)23-24-18/h3-4,7-8,10-11,16,19,26-27H,5-6,9H2,1-2H3,(H,23,24). The smallest absolute Gasteiger partial charge is 0.133 e. The summed E-state index contributed by atoms with van der Waals surface area (Å²) in [6.07, 6.45) is 2.05. The van der Waals surface area contributed by atoms with Gasteiger partial charge in [0.05, 0.1) is 23.4 Å². The van der Waals surface area contributed by atoms with Gasteiger partial charge in [-0.25, -0.2) is 9.97 Å². The van der Waals surface area contributed by atoms with Gasteiger partial charge in [0, 0.05) is 18.0 Å². The third kappa shape index (κ3) is 2.89. The van der Waals surface area contributed by atoms with Gasteiger partial charge < -0.3 is 19.8 Å². The number of ether oxygens (including phenoxy) is 1. The van der Waals surface area contributed by atoms with Crippen molar-refractivity contribution < 1.29 is 14.9 Å². The number of aliphatic hydroxyl groups excluding tert-OH is 2. The van der Waals surface area contributed by atoms with Crippen molar-refractivity contribution in [3.63, 3.8) is 0 Å². The fourth-order valence-electron chi connectivity index (χ4n) is 3.73. The molecule has 2 aromatic heterocycles. The van der Waals surface area contributed by atoms with Crippen molar-refractivity contribution in [1.29, 1.82) is 0 Å². The van der Waals surface area contributed by atoms with Crippen molar-refractivity contribution in [2.45, 2.75) is 50.5 Å². The highest BCUT2D eigenvalue weighted by molar-refractivity contribution is 5.93. The number of nitrogens with zero attached hydrogens (tertiary/aromatic N) is 4. The number of hydrogen-bond acceptors (Lipinski definition) is 7. The monoisotopic (exact) mass is 381 g/mol. The second-order valence-electron chi connectivity index (χ2n) is 8.04. The Morgan fingerprint density at radius 2 is 2.04 bits per heavy atom. The number of anilines is 1. The number of benzene rings is 1.